The molecule has 3 unspecified atom stereocenters. The third-order valence-electron chi connectivity index (χ3n) is 3.69. The zero-order valence-corrected chi connectivity index (χ0v) is 14.2. The molecule has 5 nitrogen and oxygen atoms in total. The molecule has 5 heteroatoms. The summed E-state index contributed by atoms with van der Waals surface area (Å²) in [4.78, 5) is 14.1. The van der Waals surface area contributed by atoms with Crippen LogP contribution in [0.25, 0.3) is 0 Å². The number of carbonyl (C=O) groups excluding carboxylic acids is 1. The molecular formula is C16H32N2O3. The van der Waals surface area contributed by atoms with Gasteiger partial charge in [-0.3, -0.25) is 0 Å². The Kier molecular flexibility index (Phi) is 6.94. The van der Waals surface area contributed by atoms with E-state index in [9.17, 15) is 9.90 Å². The molecule has 1 saturated heterocycles. The van der Waals surface area contributed by atoms with Crippen LogP contribution in [0.4, 0.5) is 4.79 Å². The van der Waals surface area contributed by atoms with Crippen LogP contribution in [0.3, 0.4) is 0 Å². The summed E-state index contributed by atoms with van der Waals surface area (Å²) >= 11 is 0. The molecule has 1 fully saturated rings. The molecule has 1 amide bonds. The predicted octanol–water partition coefficient (Wildman–Crippen LogP) is 2.53. The van der Waals surface area contributed by atoms with Crippen LogP contribution in [0.5, 0.6) is 0 Å². The largest absolute Gasteiger partial charge is 0.444 e. The number of aliphatic hydroxyl groups excluding tert-OH is 1. The minimum absolute atomic E-state index is 0.193. The fourth-order valence-electron chi connectivity index (χ4n) is 2.67. The summed E-state index contributed by atoms with van der Waals surface area (Å²) < 4.78 is 5.48. The van der Waals surface area contributed by atoms with Crippen LogP contribution in [-0.4, -0.2) is 53.0 Å². The molecule has 1 rings (SSSR count). The summed E-state index contributed by atoms with van der Waals surface area (Å²) in [5.74, 6) is 0. The lowest BCUT2D eigenvalue weighted by atomic mass is 10.1. The molecule has 3 atom stereocenters. The standard InChI is InChI=1S/C16H32N2O3/c1-12(17-9-8-13(2)19)11-14-7-6-10-18(14)15(20)21-16(3,4)5/h12-14,17,19H,6-11H2,1-5H3. The molecule has 0 aromatic rings. The van der Waals surface area contributed by atoms with Crippen LogP contribution in [0, 0.1) is 0 Å². The molecule has 0 aromatic heterocycles. The molecule has 0 aliphatic carbocycles. The first-order chi connectivity index (χ1) is 9.69. The van der Waals surface area contributed by atoms with Gasteiger partial charge in [-0.1, -0.05) is 0 Å². The monoisotopic (exact) mass is 300 g/mol. The van der Waals surface area contributed by atoms with Gasteiger partial charge in [0.2, 0.25) is 0 Å². The lowest BCUT2D eigenvalue weighted by Gasteiger charge is -2.30. The van der Waals surface area contributed by atoms with Crippen molar-refractivity contribution in [3.8, 4) is 0 Å². The molecule has 21 heavy (non-hydrogen) atoms. The van der Waals surface area contributed by atoms with E-state index in [0.29, 0.717) is 6.04 Å². The average Bonchev–Trinajstić information content (AvgIpc) is 2.74. The first kappa shape index (κ1) is 18.2. The molecule has 0 radical (unpaired) electrons. The van der Waals surface area contributed by atoms with Crippen molar-refractivity contribution in [1.82, 2.24) is 10.2 Å². The molecule has 0 saturated carbocycles. The van der Waals surface area contributed by atoms with Gasteiger partial charge >= 0.3 is 6.09 Å². The Morgan fingerprint density at radius 1 is 1.43 bits per heavy atom. The Morgan fingerprint density at radius 3 is 2.67 bits per heavy atom. The van der Waals surface area contributed by atoms with Crippen molar-refractivity contribution in [3.05, 3.63) is 0 Å². The number of aliphatic hydroxyl groups is 1. The van der Waals surface area contributed by atoms with Crippen LogP contribution >= 0.6 is 0 Å². The Hall–Kier alpha value is -0.810. The maximum absolute atomic E-state index is 12.2. The first-order valence-electron chi connectivity index (χ1n) is 8.10. The average molecular weight is 300 g/mol. The molecular weight excluding hydrogens is 268 g/mol. The van der Waals surface area contributed by atoms with Crippen LogP contribution in [0.2, 0.25) is 0 Å². The van der Waals surface area contributed by atoms with E-state index in [2.05, 4.69) is 12.2 Å². The minimum Gasteiger partial charge on any atom is -0.444 e. The molecule has 0 bridgehead atoms. The third kappa shape index (κ3) is 7.14. The molecule has 1 aliphatic rings. The summed E-state index contributed by atoms with van der Waals surface area (Å²) in [5, 5.41) is 12.7. The summed E-state index contributed by atoms with van der Waals surface area (Å²) in [7, 11) is 0. The minimum atomic E-state index is -0.439. The van der Waals surface area contributed by atoms with E-state index < -0.39 is 5.60 Å². The molecule has 1 heterocycles. The van der Waals surface area contributed by atoms with Gasteiger partial charge in [-0.05, 0) is 66.8 Å². The van der Waals surface area contributed by atoms with Gasteiger partial charge in [0.25, 0.3) is 0 Å². The lowest BCUT2D eigenvalue weighted by molar-refractivity contribution is 0.0214. The predicted molar refractivity (Wildman–Crippen MR) is 84.3 cm³/mol. The zero-order chi connectivity index (χ0) is 16.0. The first-order valence-corrected chi connectivity index (χ1v) is 8.10. The van der Waals surface area contributed by atoms with Gasteiger partial charge in [0, 0.05) is 18.6 Å². The SMILES string of the molecule is CC(O)CCNC(C)CC1CCCN1C(=O)OC(C)(C)C. The normalized spacial score (nSPS) is 22.2. The van der Waals surface area contributed by atoms with E-state index in [1.807, 2.05) is 25.7 Å². The second-order valence-corrected chi connectivity index (χ2v) is 7.20. The number of hydrogen-bond donors (Lipinski definition) is 2. The van der Waals surface area contributed by atoms with E-state index in [-0.39, 0.29) is 18.2 Å². The Bertz CT molecular complexity index is 326. The van der Waals surface area contributed by atoms with Crippen LogP contribution < -0.4 is 5.32 Å². The Balaban J connectivity index is 2.40. The number of nitrogens with one attached hydrogen (secondary N) is 1. The van der Waals surface area contributed by atoms with Gasteiger partial charge in [0.1, 0.15) is 5.60 Å². The quantitative estimate of drug-likeness (QED) is 0.791. The van der Waals surface area contributed by atoms with E-state index >= 15 is 0 Å². The third-order valence-corrected chi connectivity index (χ3v) is 3.69. The zero-order valence-electron chi connectivity index (χ0n) is 14.2. The molecule has 0 spiro atoms. The molecule has 0 aromatic carbocycles. The summed E-state index contributed by atoms with van der Waals surface area (Å²) in [6, 6.07) is 0.589. The summed E-state index contributed by atoms with van der Waals surface area (Å²) in [6.45, 7) is 11.2. The van der Waals surface area contributed by atoms with Gasteiger partial charge in [-0.25, -0.2) is 4.79 Å². The fourth-order valence-corrected chi connectivity index (χ4v) is 2.67. The van der Waals surface area contributed by atoms with Crippen molar-refractivity contribution in [1.29, 1.82) is 0 Å². The van der Waals surface area contributed by atoms with Crippen molar-refractivity contribution in [3.63, 3.8) is 0 Å². The van der Waals surface area contributed by atoms with Crippen molar-refractivity contribution in [2.75, 3.05) is 13.1 Å². The smallest absolute Gasteiger partial charge is 0.410 e. The van der Waals surface area contributed by atoms with E-state index in [1.165, 1.54) is 0 Å². The maximum atomic E-state index is 12.2. The highest BCUT2D eigenvalue weighted by Crippen LogP contribution is 2.24. The highest BCUT2D eigenvalue weighted by molar-refractivity contribution is 5.68. The van der Waals surface area contributed by atoms with Gasteiger partial charge in [-0.15, -0.1) is 0 Å². The number of ether oxygens (including phenoxy) is 1. The second kappa shape index (κ2) is 7.99. The highest BCUT2D eigenvalue weighted by atomic mass is 16.6. The fraction of sp³-hybridized carbons (Fsp3) is 0.938. The summed E-state index contributed by atoms with van der Waals surface area (Å²) in [5.41, 5.74) is -0.439. The Morgan fingerprint density at radius 2 is 2.10 bits per heavy atom. The van der Waals surface area contributed by atoms with Crippen LogP contribution in [0.15, 0.2) is 0 Å². The van der Waals surface area contributed by atoms with E-state index in [4.69, 9.17) is 4.74 Å². The van der Waals surface area contributed by atoms with Crippen molar-refractivity contribution in [2.45, 2.75) is 84.1 Å². The second-order valence-electron chi connectivity index (χ2n) is 7.20. The Labute approximate surface area is 129 Å². The molecule has 1 aliphatic heterocycles. The summed E-state index contributed by atoms with van der Waals surface area (Å²) in [6.07, 6.45) is 3.31. The number of nitrogens with zero attached hydrogens (tertiary/aromatic N) is 1. The number of likely N-dealkylation sites (tertiary alicyclic amines) is 1. The van der Waals surface area contributed by atoms with Crippen LogP contribution in [0.1, 0.15) is 60.3 Å². The topological polar surface area (TPSA) is 61.8 Å². The van der Waals surface area contributed by atoms with E-state index in [0.717, 1.165) is 38.8 Å². The van der Waals surface area contributed by atoms with Crippen molar-refractivity contribution < 1.29 is 14.6 Å². The van der Waals surface area contributed by atoms with Crippen molar-refractivity contribution in [2.24, 2.45) is 0 Å². The number of rotatable bonds is 6. The highest BCUT2D eigenvalue weighted by Gasteiger charge is 2.32. The number of amides is 1. The lowest BCUT2D eigenvalue weighted by Crippen LogP contribution is -2.42. The van der Waals surface area contributed by atoms with Gasteiger partial charge in [0.15, 0.2) is 0 Å². The van der Waals surface area contributed by atoms with Crippen LogP contribution in [-0.2, 0) is 4.74 Å². The maximum Gasteiger partial charge on any atom is 0.410 e. The number of hydrogen-bond acceptors (Lipinski definition) is 4. The van der Waals surface area contributed by atoms with Crippen molar-refractivity contribution >= 4 is 6.09 Å². The molecule has 2 N–H and O–H groups in total. The van der Waals surface area contributed by atoms with Gasteiger partial charge in [-0.2, -0.15) is 0 Å². The van der Waals surface area contributed by atoms with Gasteiger partial charge < -0.3 is 20.1 Å². The van der Waals surface area contributed by atoms with E-state index in [1.54, 1.807) is 6.92 Å². The van der Waals surface area contributed by atoms with Gasteiger partial charge in [0.05, 0.1) is 6.10 Å². The molecule has 124 valence electrons. The number of carbonyl (C=O) groups is 1.